The van der Waals surface area contributed by atoms with Crippen molar-refractivity contribution in [2.24, 2.45) is 0 Å². The zero-order chi connectivity index (χ0) is 13.4. The Labute approximate surface area is 120 Å². The molecule has 2 heterocycles. The van der Waals surface area contributed by atoms with E-state index in [-0.39, 0.29) is 5.38 Å². The van der Waals surface area contributed by atoms with Crippen LogP contribution in [0, 0.1) is 6.92 Å². The molecule has 0 aliphatic rings. The van der Waals surface area contributed by atoms with Crippen LogP contribution in [0.25, 0.3) is 11.0 Å². The number of aryl methyl sites for hydroxylation is 1. The quantitative estimate of drug-likeness (QED) is 0.679. The SMILES string of the molecule is Cc1ccc2nc(C(C)Cl)n(Cc3cncs3)c2c1. The molecule has 3 aromatic rings. The maximum absolute atomic E-state index is 6.26. The Bertz CT molecular complexity index is 701. The van der Waals surface area contributed by atoms with E-state index in [2.05, 4.69) is 39.7 Å². The van der Waals surface area contributed by atoms with Gasteiger partial charge in [-0.3, -0.25) is 4.98 Å². The molecule has 0 spiro atoms. The number of imidazole rings is 1. The van der Waals surface area contributed by atoms with Crippen LogP contribution in [0.4, 0.5) is 0 Å². The number of hydrogen-bond acceptors (Lipinski definition) is 3. The predicted octanol–water partition coefficient (Wildman–Crippen LogP) is 4.15. The van der Waals surface area contributed by atoms with Crippen LogP contribution in [-0.4, -0.2) is 14.5 Å². The van der Waals surface area contributed by atoms with Crippen LogP contribution in [-0.2, 0) is 6.54 Å². The van der Waals surface area contributed by atoms with E-state index in [1.807, 2.05) is 18.6 Å². The van der Waals surface area contributed by atoms with Crippen LogP contribution < -0.4 is 0 Å². The van der Waals surface area contributed by atoms with Crippen LogP contribution in [0.5, 0.6) is 0 Å². The Kier molecular flexibility index (Phi) is 3.29. The van der Waals surface area contributed by atoms with Crippen LogP contribution in [0.1, 0.15) is 28.6 Å². The summed E-state index contributed by atoms with van der Waals surface area (Å²) in [6.45, 7) is 4.82. The maximum atomic E-state index is 6.26. The van der Waals surface area contributed by atoms with E-state index in [0.717, 1.165) is 23.4 Å². The minimum atomic E-state index is -0.111. The number of rotatable bonds is 3. The molecule has 0 saturated heterocycles. The number of halogens is 1. The number of benzene rings is 1. The highest BCUT2D eigenvalue weighted by atomic mass is 35.5. The van der Waals surface area contributed by atoms with Gasteiger partial charge < -0.3 is 4.57 Å². The highest BCUT2D eigenvalue weighted by Gasteiger charge is 2.15. The van der Waals surface area contributed by atoms with Crippen molar-refractivity contribution in [2.75, 3.05) is 0 Å². The molecule has 5 heteroatoms. The minimum absolute atomic E-state index is 0.111. The Morgan fingerprint density at radius 1 is 1.42 bits per heavy atom. The minimum Gasteiger partial charge on any atom is -0.321 e. The monoisotopic (exact) mass is 291 g/mol. The molecule has 0 N–H and O–H groups in total. The van der Waals surface area contributed by atoms with Gasteiger partial charge in [-0.25, -0.2) is 4.98 Å². The average Bonchev–Trinajstić information content (AvgIpc) is 2.98. The molecular formula is C14H14ClN3S. The summed E-state index contributed by atoms with van der Waals surface area (Å²) >= 11 is 7.92. The highest BCUT2D eigenvalue weighted by Crippen LogP contribution is 2.26. The molecule has 0 saturated carbocycles. The van der Waals surface area contributed by atoms with Gasteiger partial charge in [0.05, 0.1) is 28.5 Å². The number of fused-ring (bicyclic) bond motifs is 1. The van der Waals surface area contributed by atoms with E-state index < -0.39 is 0 Å². The molecule has 98 valence electrons. The Morgan fingerprint density at radius 3 is 2.95 bits per heavy atom. The van der Waals surface area contributed by atoms with Gasteiger partial charge in [0.2, 0.25) is 0 Å². The topological polar surface area (TPSA) is 30.7 Å². The number of nitrogens with zero attached hydrogens (tertiary/aromatic N) is 3. The van der Waals surface area contributed by atoms with E-state index >= 15 is 0 Å². The van der Waals surface area contributed by atoms with Gasteiger partial charge in [0.15, 0.2) is 0 Å². The summed E-state index contributed by atoms with van der Waals surface area (Å²) < 4.78 is 2.19. The Morgan fingerprint density at radius 2 is 2.26 bits per heavy atom. The summed E-state index contributed by atoms with van der Waals surface area (Å²) in [6, 6.07) is 6.29. The van der Waals surface area contributed by atoms with E-state index in [1.54, 1.807) is 11.3 Å². The van der Waals surface area contributed by atoms with Crippen molar-refractivity contribution in [1.29, 1.82) is 0 Å². The molecule has 3 rings (SSSR count). The standard InChI is InChI=1S/C14H14ClN3S/c1-9-3-4-12-13(5-9)18(14(17-12)10(2)15)7-11-6-16-8-19-11/h3-6,8,10H,7H2,1-2H3. The molecule has 1 unspecified atom stereocenters. The molecule has 0 aliphatic carbocycles. The Balaban J connectivity index is 2.18. The lowest BCUT2D eigenvalue weighted by molar-refractivity contribution is 0.749. The van der Waals surface area contributed by atoms with Gasteiger partial charge in [-0.1, -0.05) is 6.07 Å². The van der Waals surface area contributed by atoms with Gasteiger partial charge >= 0.3 is 0 Å². The third-order valence-corrected chi connectivity index (χ3v) is 4.05. The first-order valence-corrected chi connectivity index (χ1v) is 7.45. The van der Waals surface area contributed by atoms with Gasteiger partial charge in [0, 0.05) is 11.1 Å². The summed E-state index contributed by atoms with van der Waals surface area (Å²) in [7, 11) is 0. The summed E-state index contributed by atoms with van der Waals surface area (Å²) in [4.78, 5) is 9.98. The van der Waals surface area contributed by atoms with Gasteiger partial charge in [-0.05, 0) is 31.5 Å². The lowest BCUT2D eigenvalue weighted by atomic mass is 10.2. The van der Waals surface area contributed by atoms with E-state index in [9.17, 15) is 0 Å². The zero-order valence-electron chi connectivity index (χ0n) is 10.8. The maximum Gasteiger partial charge on any atom is 0.128 e. The molecular weight excluding hydrogens is 278 g/mol. The number of alkyl halides is 1. The zero-order valence-corrected chi connectivity index (χ0v) is 12.4. The first kappa shape index (κ1) is 12.6. The molecule has 19 heavy (non-hydrogen) atoms. The fourth-order valence-corrected chi connectivity index (χ4v) is 2.95. The van der Waals surface area contributed by atoms with E-state index in [1.165, 1.54) is 10.4 Å². The molecule has 0 amide bonds. The second-order valence-corrected chi connectivity index (χ2v) is 6.26. The van der Waals surface area contributed by atoms with Gasteiger partial charge in [-0.15, -0.1) is 22.9 Å². The van der Waals surface area contributed by atoms with Crippen LogP contribution in [0.15, 0.2) is 29.9 Å². The van der Waals surface area contributed by atoms with Gasteiger partial charge in [0.1, 0.15) is 5.82 Å². The third-order valence-electron chi connectivity index (χ3n) is 3.09. The second kappa shape index (κ2) is 4.94. The number of thiazole rings is 1. The second-order valence-electron chi connectivity index (χ2n) is 4.63. The molecule has 0 radical (unpaired) electrons. The van der Waals surface area contributed by atoms with Crippen LogP contribution in [0.2, 0.25) is 0 Å². The van der Waals surface area contributed by atoms with Crippen molar-refractivity contribution >= 4 is 34.0 Å². The molecule has 0 fully saturated rings. The molecule has 1 aromatic carbocycles. The first-order chi connectivity index (χ1) is 9.15. The smallest absolute Gasteiger partial charge is 0.128 e. The average molecular weight is 292 g/mol. The lowest BCUT2D eigenvalue weighted by Gasteiger charge is -2.09. The van der Waals surface area contributed by atoms with Crippen molar-refractivity contribution < 1.29 is 0 Å². The van der Waals surface area contributed by atoms with Gasteiger partial charge in [-0.2, -0.15) is 0 Å². The lowest BCUT2D eigenvalue weighted by Crippen LogP contribution is -2.04. The molecule has 0 bridgehead atoms. The van der Waals surface area contributed by atoms with E-state index in [0.29, 0.717) is 0 Å². The normalized spacial score (nSPS) is 13.0. The first-order valence-electron chi connectivity index (χ1n) is 6.13. The predicted molar refractivity (Wildman–Crippen MR) is 80.0 cm³/mol. The molecule has 3 nitrogen and oxygen atoms in total. The molecule has 2 aromatic heterocycles. The number of hydrogen-bond donors (Lipinski definition) is 0. The number of aromatic nitrogens is 3. The summed E-state index contributed by atoms with van der Waals surface area (Å²) in [5.41, 5.74) is 5.21. The largest absolute Gasteiger partial charge is 0.321 e. The van der Waals surface area contributed by atoms with E-state index in [4.69, 9.17) is 11.6 Å². The van der Waals surface area contributed by atoms with Gasteiger partial charge in [0.25, 0.3) is 0 Å². The highest BCUT2D eigenvalue weighted by molar-refractivity contribution is 7.09. The fourth-order valence-electron chi connectivity index (χ4n) is 2.20. The summed E-state index contributed by atoms with van der Waals surface area (Å²) in [5, 5.41) is -0.111. The summed E-state index contributed by atoms with van der Waals surface area (Å²) in [6.07, 6.45) is 1.90. The molecule has 1 atom stereocenters. The van der Waals surface area contributed by atoms with Crippen LogP contribution >= 0.6 is 22.9 Å². The van der Waals surface area contributed by atoms with Crippen LogP contribution in [0.3, 0.4) is 0 Å². The van der Waals surface area contributed by atoms with Crippen molar-refractivity contribution in [2.45, 2.75) is 25.8 Å². The summed E-state index contributed by atoms with van der Waals surface area (Å²) in [5.74, 6) is 0.913. The van der Waals surface area contributed by atoms with Crippen molar-refractivity contribution in [1.82, 2.24) is 14.5 Å². The van der Waals surface area contributed by atoms with Crippen molar-refractivity contribution in [3.63, 3.8) is 0 Å². The third kappa shape index (κ3) is 2.38. The fraction of sp³-hybridized carbons (Fsp3) is 0.286. The van der Waals surface area contributed by atoms with Crippen molar-refractivity contribution in [3.05, 3.63) is 46.2 Å². The van der Waals surface area contributed by atoms with Crippen molar-refractivity contribution in [3.8, 4) is 0 Å². The molecule has 0 aliphatic heterocycles. The Hall–Kier alpha value is -1.39.